The van der Waals surface area contributed by atoms with E-state index in [2.05, 4.69) is 10.3 Å². The summed E-state index contributed by atoms with van der Waals surface area (Å²) in [5, 5.41) is 14.7. The Labute approximate surface area is 208 Å². The fourth-order valence-corrected chi connectivity index (χ4v) is 3.98. The molecule has 0 aliphatic heterocycles. The maximum atomic E-state index is 12.8. The van der Waals surface area contributed by atoms with Crippen molar-refractivity contribution in [3.63, 3.8) is 0 Å². The zero-order valence-corrected chi connectivity index (χ0v) is 19.6. The Bertz CT molecular complexity index is 1620. The van der Waals surface area contributed by atoms with Gasteiger partial charge in [0.25, 0.3) is 11.6 Å². The van der Waals surface area contributed by atoms with E-state index in [1.54, 1.807) is 55.5 Å². The minimum atomic E-state index is -0.478. The lowest BCUT2D eigenvalue weighted by molar-refractivity contribution is -0.384. The van der Waals surface area contributed by atoms with Gasteiger partial charge in [-0.2, -0.15) is 0 Å². The number of rotatable bonds is 5. The number of carbonyl (C=O) groups is 1. The number of fused-ring (bicyclic) bond motifs is 1. The highest BCUT2D eigenvalue weighted by Gasteiger charge is 2.18. The largest absolute Gasteiger partial charge is 0.451 e. The predicted octanol–water partition coefficient (Wildman–Crippen LogP) is 7.53. The molecule has 0 atom stereocenters. The number of nitrogens with one attached hydrogen (secondary N) is 1. The number of carbonyl (C=O) groups excluding carboxylic acids is 1. The van der Waals surface area contributed by atoms with Crippen LogP contribution in [0.2, 0.25) is 10.0 Å². The summed E-state index contributed by atoms with van der Waals surface area (Å²) in [4.78, 5) is 27.8. The lowest BCUT2D eigenvalue weighted by atomic mass is 10.1. The fourth-order valence-electron chi connectivity index (χ4n) is 3.62. The first kappa shape index (κ1) is 22.6. The number of halogens is 2. The van der Waals surface area contributed by atoms with Crippen molar-refractivity contribution in [1.82, 2.24) is 4.98 Å². The van der Waals surface area contributed by atoms with Crippen LogP contribution in [0.3, 0.4) is 0 Å². The van der Waals surface area contributed by atoms with E-state index in [0.29, 0.717) is 49.3 Å². The van der Waals surface area contributed by atoms with Gasteiger partial charge in [0.15, 0.2) is 11.3 Å². The van der Waals surface area contributed by atoms with E-state index >= 15 is 0 Å². The average Bonchev–Trinajstić information content (AvgIpc) is 3.47. The van der Waals surface area contributed by atoms with E-state index in [-0.39, 0.29) is 17.3 Å². The molecular weight excluding hydrogens is 493 g/mol. The van der Waals surface area contributed by atoms with E-state index in [1.165, 1.54) is 18.2 Å². The quantitative estimate of drug-likeness (QED) is 0.194. The minimum Gasteiger partial charge on any atom is -0.451 e. The predicted molar refractivity (Wildman–Crippen MR) is 133 cm³/mol. The van der Waals surface area contributed by atoms with Crippen LogP contribution in [-0.2, 0) is 0 Å². The minimum absolute atomic E-state index is 0.0173. The van der Waals surface area contributed by atoms with Crippen molar-refractivity contribution in [2.24, 2.45) is 0 Å². The van der Waals surface area contributed by atoms with Gasteiger partial charge in [-0.05, 0) is 67.1 Å². The number of non-ortho nitro benzene ring substituents is 1. The van der Waals surface area contributed by atoms with Crippen LogP contribution < -0.4 is 5.32 Å². The molecule has 0 aliphatic carbocycles. The van der Waals surface area contributed by atoms with Crippen molar-refractivity contribution in [1.29, 1.82) is 0 Å². The van der Waals surface area contributed by atoms with Crippen molar-refractivity contribution >= 4 is 51.6 Å². The van der Waals surface area contributed by atoms with Crippen LogP contribution in [0.5, 0.6) is 0 Å². The van der Waals surface area contributed by atoms with Gasteiger partial charge in [-0.25, -0.2) is 4.98 Å². The molecule has 5 aromatic rings. The molecular formula is C25H15Cl2N3O5. The standard InChI is InChI=1S/C25H15Cl2N3O5/c1-13-10-16(30(32)33)4-5-17(13)21-8-9-23(34-21)24(31)28-15-3-6-19(27)18(12-15)25-29-20-11-14(26)2-7-22(20)35-25/h2-12H,1H3,(H,28,31). The first-order valence-electron chi connectivity index (χ1n) is 10.3. The molecule has 2 heterocycles. The molecule has 10 heteroatoms. The highest BCUT2D eigenvalue weighted by atomic mass is 35.5. The fraction of sp³-hybridized carbons (Fsp3) is 0.0400. The van der Waals surface area contributed by atoms with Crippen LogP contribution in [0.15, 0.2) is 75.6 Å². The summed E-state index contributed by atoms with van der Waals surface area (Å²) in [5.41, 5.74) is 3.39. The van der Waals surface area contributed by atoms with Crippen molar-refractivity contribution in [2.75, 3.05) is 5.32 Å². The number of nitro groups is 1. The number of nitrogens with zero attached hydrogens (tertiary/aromatic N) is 2. The molecule has 0 bridgehead atoms. The number of aryl methyl sites for hydroxylation is 1. The zero-order chi connectivity index (χ0) is 24.7. The Morgan fingerprint density at radius 1 is 0.971 bits per heavy atom. The molecule has 3 aromatic carbocycles. The lowest BCUT2D eigenvalue weighted by Crippen LogP contribution is -2.10. The van der Waals surface area contributed by atoms with Crippen LogP contribution in [0.1, 0.15) is 16.1 Å². The van der Waals surface area contributed by atoms with Crippen molar-refractivity contribution in [2.45, 2.75) is 6.92 Å². The van der Waals surface area contributed by atoms with Gasteiger partial charge in [-0.1, -0.05) is 23.2 Å². The number of benzene rings is 3. The first-order chi connectivity index (χ1) is 16.8. The van der Waals surface area contributed by atoms with Gasteiger partial charge in [0.1, 0.15) is 11.3 Å². The Morgan fingerprint density at radius 3 is 2.57 bits per heavy atom. The highest BCUT2D eigenvalue weighted by molar-refractivity contribution is 6.33. The first-order valence-corrected chi connectivity index (χ1v) is 11.1. The Kier molecular flexibility index (Phi) is 5.76. The molecule has 35 heavy (non-hydrogen) atoms. The Hall–Kier alpha value is -4.14. The molecule has 0 saturated heterocycles. The summed E-state index contributed by atoms with van der Waals surface area (Å²) in [6, 6.07) is 17.6. The summed E-state index contributed by atoms with van der Waals surface area (Å²) in [6.45, 7) is 1.74. The van der Waals surface area contributed by atoms with E-state index < -0.39 is 10.8 Å². The van der Waals surface area contributed by atoms with Crippen molar-refractivity contribution < 1.29 is 18.6 Å². The third-order valence-electron chi connectivity index (χ3n) is 5.32. The SMILES string of the molecule is Cc1cc([N+](=O)[O-])ccc1-c1ccc(C(=O)Nc2ccc(Cl)c(-c3nc4cc(Cl)ccc4o3)c2)o1. The number of furan rings is 1. The lowest BCUT2D eigenvalue weighted by Gasteiger charge is -2.07. The summed E-state index contributed by atoms with van der Waals surface area (Å²) in [5.74, 6) is 0.306. The molecule has 1 amide bonds. The van der Waals surface area contributed by atoms with Crippen LogP contribution in [0, 0.1) is 17.0 Å². The molecule has 0 saturated carbocycles. The molecule has 0 spiro atoms. The number of hydrogen-bond donors (Lipinski definition) is 1. The summed E-state index contributed by atoms with van der Waals surface area (Å²) >= 11 is 12.4. The molecule has 0 radical (unpaired) electrons. The third-order valence-corrected chi connectivity index (χ3v) is 5.88. The second-order valence-corrected chi connectivity index (χ2v) is 8.54. The Balaban J connectivity index is 1.39. The number of nitro benzene ring substituents is 1. The number of oxazole rings is 1. The second-order valence-electron chi connectivity index (χ2n) is 7.70. The molecule has 5 rings (SSSR count). The van der Waals surface area contributed by atoms with Gasteiger partial charge in [-0.3, -0.25) is 14.9 Å². The smallest absolute Gasteiger partial charge is 0.291 e. The Morgan fingerprint density at radius 2 is 1.80 bits per heavy atom. The molecule has 0 aliphatic rings. The van der Waals surface area contributed by atoms with E-state index in [1.807, 2.05) is 0 Å². The topological polar surface area (TPSA) is 111 Å². The third kappa shape index (κ3) is 4.49. The average molecular weight is 508 g/mol. The van der Waals surface area contributed by atoms with Gasteiger partial charge in [0.2, 0.25) is 5.89 Å². The maximum Gasteiger partial charge on any atom is 0.291 e. The number of hydrogen-bond acceptors (Lipinski definition) is 6. The summed E-state index contributed by atoms with van der Waals surface area (Å²) in [6.07, 6.45) is 0. The van der Waals surface area contributed by atoms with Crippen molar-refractivity contribution in [3.8, 4) is 22.8 Å². The summed E-state index contributed by atoms with van der Waals surface area (Å²) < 4.78 is 11.5. The number of anilines is 1. The normalized spacial score (nSPS) is 11.1. The van der Waals surface area contributed by atoms with Crippen molar-refractivity contribution in [3.05, 3.63) is 98.2 Å². The number of amides is 1. The van der Waals surface area contributed by atoms with Gasteiger partial charge in [-0.15, -0.1) is 0 Å². The maximum absolute atomic E-state index is 12.8. The zero-order valence-electron chi connectivity index (χ0n) is 18.0. The van der Waals surface area contributed by atoms with Gasteiger partial charge < -0.3 is 14.2 Å². The van der Waals surface area contributed by atoms with Gasteiger partial charge in [0, 0.05) is 28.4 Å². The van der Waals surface area contributed by atoms with Gasteiger partial charge in [0.05, 0.1) is 15.5 Å². The molecule has 0 fully saturated rings. The second kappa shape index (κ2) is 8.90. The van der Waals surface area contributed by atoms with Crippen LogP contribution in [-0.4, -0.2) is 15.8 Å². The van der Waals surface area contributed by atoms with E-state index in [9.17, 15) is 14.9 Å². The van der Waals surface area contributed by atoms with Crippen LogP contribution in [0.4, 0.5) is 11.4 Å². The molecule has 8 nitrogen and oxygen atoms in total. The highest BCUT2D eigenvalue weighted by Crippen LogP contribution is 2.33. The number of aromatic nitrogens is 1. The molecule has 0 unspecified atom stereocenters. The van der Waals surface area contributed by atoms with Gasteiger partial charge >= 0.3 is 0 Å². The van der Waals surface area contributed by atoms with E-state index in [0.717, 1.165) is 0 Å². The molecule has 2 aromatic heterocycles. The molecule has 174 valence electrons. The van der Waals surface area contributed by atoms with Crippen LogP contribution in [0.25, 0.3) is 33.9 Å². The van der Waals surface area contributed by atoms with Crippen LogP contribution >= 0.6 is 23.2 Å². The monoisotopic (exact) mass is 507 g/mol. The van der Waals surface area contributed by atoms with E-state index in [4.69, 9.17) is 32.0 Å². The summed E-state index contributed by atoms with van der Waals surface area (Å²) in [7, 11) is 0. The molecule has 1 N–H and O–H groups in total.